The maximum Gasteiger partial charge on any atom is 0.0966 e. The van der Waals surface area contributed by atoms with E-state index in [1.165, 1.54) is 0 Å². The molecule has 0 N–H and O–H groups in total. The first-order valence-electron chi connectivity index (χ1n) is 4.25. The number of nitrogens with zero attached hydrogens (tertiary/aromatic N) is 1. The molecule has 1 heteroatoms. The Hall–Kier alpha value is -0.480. The van der Waals surface area contributed by atoms with Gasteiger partial charge in [0.15, 0.2) is 0 Å². The Morgan fingerprint density at radius 1 is 1.18 bits per heavy atom. The molecule has 0 fully saturated rings. The topological polar surface area (TPSA) is 0 Å². The lowest BCUT2D eigenvalue weighted by molar-refractivity contribution is -0.893. The normalized spacial score (nSPS) is 13.5. The number of quaternary nitrogens is 1. The molecular formula is C10H20N+. The van der Waals surface area contributed by atoms with Gasteiger partial charge in [-0.1, -0.05) is 12.8 Å². The molecule has 0 spiro atoms. The molecule has 0 aliphatic rings. The Bertz CT molecular complexity index is 154. The van der Waals surface area contributed by atoms with Crippen LogP contribution in [-0.2, 0) is 0 Å². The molecule has 0 rings (SSSR count). The van der Waals surface area contributed by atoms with E-state index in [2.05, 4.69) is 46.8 Å². The molecule has 0 aliphatic heterocycles. The third-order valence-corrected chi connectivity index (χ3v) is 2.02. The molecule has 1 unspecified atom stereocenters. The van der Waals surface area contributed by atoms with Gasteiger partial charge in [0.05, 0.1) is 33.6 Å². The lowest BCUT2D eigenvalue weighted by atomic mass is 10.2. The second-order valence-electron chi connectivity index (χ2n) is 3.88. The van der Waals surface area contributed by atoms with Gasteiger partial charge in [-0.25, -0.2) is 0 Å². The monoisotopic (exact) mass is 154 g/mol. The zero-order chi connectivity index (χ0) is 8.91. The number of hydrogen-bond donors (Lipinski definition) is 0. The van der Waals surface area contributed by atoms with Gasteiger partial charge in [-0.2, -0.15) is 0 Å². The molecule has 0 bridgehead atoms. The second kappa shape index (κ2) is 4.41. The summed E-state index contributed by atoms with van der Waals surface area (Å²) in [5.74, 6) is 6.27. The standard InChI is InChI=1S/C10H20N/c1-6-7-8-9-10(2)11(3,4)5/h10H,6,9H2,1-5H3/q+1. The highest BCUT2D eigenvalue weighted by atomic mass is 15.3. The number of rotatable bonds is 2. The molecule has 0 aromatic rings. The van der Waals surface area contributed by atoms with Gasteiger partial charge in [-0.3, -0.25) is 0 Å². The van der Waals surface area contributed by atoms with E-state index in [1.54, 1.807) is 0 Å². The van der Waals surface area contributed by atoms with Crippen LogP contribution in [0.2, 0.25) is 0 Å². The average molecular weight is 154 g/mol. The summed E-state index contributed by atoms with van der Waals surface area (Å²) in [6, 6.07) is 0.633. The molecule has 0 heterocycles. The minimum atomic E-state index is 0.633. The molecule has 0 aromatic carbocycles. The van der Waals surface area contributed by atoms with E-state index >= 15 is 0 Å². The van der Waals surface area contributed by atoms with Crippen molar-refractivity contribution in [3.63, 3.8) is 0 Å². The first-order valence-corrected chi connectivity index (χ1v) is 4.25. The molecule has 64 valence electrons. The van der Waals surface area contributed by atoms with Crippen LogP contribution in [0, 0.1) is 11.8 Å². The average Bonchev–Trinajstić information content (AvgIpc) is 1.86. The zero-order valence-electron chi connectivity index (χ0n) is 8.44. The highest BCUT2D eigenvalue weighted by Crippen LogP contribution is 2.04. The van der Waals surface area contributed by atoms with Crippen LogP contribution < -0.4 is 0 Å². The molecule has 0 radical (unpaired) electrons. The van der Waals surface area contributed by atoms with E-state index in [-0.39, 0.29) is 0 Å². The minimum Gasteiger partial charge on any atom is -0.328 e. The first kappa shape index (κ1) is 10.5. The second-order valence-corrected chi connectivity index (χ2v) is 3.88. The van der Waals surface area contributed by atoms with Crippen LogP contribution in [0.15, 0.2) is 0 Å². The summed E-state index contributed by atoms with van der Waals surface area (Å²) in [6.07, 6.45) is 1.99. The van der Waals surface area contributed by atoms with Gasteiger partial charge >= 0.3 is 0 Å². The molecule has 0 aromatic heterocycles. The summed E-state index contributed by atoms with van der Waals surface area (Å²) in [6.45, 7) is 4.33. The molecule has 0 aliphatic carbocycles. The third-order valence-electron chi connectivity index (χ3n) is 2.02. The summed E-state index contributed by atoms with van der Waals surface area (Å²) >= 11 is 0. The molecule has 0 saturated carbocycles. The Morgan fingerprint density at radius 3 is 2.09 bits per heavy atom. The Balaban J connectivity index is 3.79. The van der Waals surface area contributed by atoms with E-state index < -0.39 is 0 Å². The van der Waals surface area contributed by atoms with Crippen molar-refractivity contribution in [3.05, 3.63) is 0 Å². The van der Waals surface area contributed by atoms with E-state index in [4.69, 9.17) is 0 Å². The van der Waals surface area contributed by atoms with Crippen LogP contribution >= 0.6 is 0 Å². The largest absolute Gasteiger partial charge is 0.328 e. The summed E-state index contributed by atoms with van der Waals surface area (Å²) in [7, 11) is 6.62. The fourth-order valence-electron chi connectivity index (χ4n) is 0.619. The van der Waals surface area contributed by atoms with E-state index in [0.29, 0.717) is 6.04 Å². The molecule has 1 atom stereocenters. The Labute approximate surface area is 71.0 Å². The third kappa shape index (κ3) is 4.86. The quantitative estimate of drug-likeness (QED) is 0.421. The zero-order valence-corrected chi connectivity index (χ0v) is 8.44. The van der Waals surface area contributed by atoms with E-state index in [0.717, 1.165) is 17.3 Å². The fourth-order valence-corrected chi connectivity index (χ4v) is 0.619. The molecular weight excluding hydrogens is 134 g/mol. The van der Waals surface area contributed by atoms with Gasteiger partial charge in [-0.15, -0.1) is 5.92 Å². The number of hydrogen-bond acceptors (Lipinski definition) is 0. The van der Waals surface area contributed by atoms with Crippen molar-refractivity contribution >= 4 is 0 Å². The highest BCUT2D eigenvalue weighted by Gasteiger charge is 2.15. The smallest absolute Gasteiger partial charge is 0.0966 e. The van der Waals surface area contributed by atoms with Gasteiger partial charge in [0, 0.05) is 6.42 Å². The van der Waals surface area contributed by atoms with Crippen molar-refractivity contribution in [2.24, 2.45) is 0 Å². The van der Waals surface area contributed by atoms with Crippen molar-refractivity contribution in [2.75, 3.05) is 21.1 Å². The molecule has 0 saturated heterocycles. The Morgan fingerprint density at radius 2 is 1.73 bits per heavy atom. The lowest BCUT2D eigenvalue weighted by Gasteiger charge is -2.30. The molecule has 0 amide bonds. The predicted molar refractivity (Wildman–Crippen MR) is 50.2 cm³/mol. The van der Waals surface area contributed by atoms with Gasteiger partial charge in [0.1, 0.15) is 0 Å². The minimum absolute atomic E-state index is 0.633. The van der Waals surface area contributed by atoms with Crippen molar-refractivity contribution in [3.8, 4) is 11.8 Å². The highest BCUT2D eigenvalue weighted by molar-refractivity contribution is 4.98. The van der Waals surface area contributed by atoms with E-state index in [1.807, 2.05) is 0 Å². The van der Waals surface area contributed by atoms with Crippen LogP contribution in [0.3, 0.4) is 0 Å². The van der Waals surface area contributed by atoms with Gasteiger partial charge in [0.2, 0.25) is 0 Å². The lowest BCUT2D eigenvalue weighted by Crippen LogP contribution is -2.42. The predicted octanol–water partition coefficient (Wildman–Crippen LogP) is 1.88. The first-order chi connectivity index (χ1) is 4.98. The van der Waals surface area contributed by atoms with Crippen LogP contribution in [0.4, 0.5) is 0 Å². The summed E-state index contributed by atoms with van der Waals surface area (Å²) in [5.41, 5.74) is 0. The Kier molecular flexibility index (Phi) is 4.22. The maximum atomic E-state index is 3.18. The van der Waals surface area contributed by atoms with Crippen molar-refractivity contribution in [1.29, 1.82) is 0 Å². The maximum absolute atomic E-state index is 3.18. The van der Waals surface area contributed by atoms with Crippen molar-refractivity contribution in [1.82, 2.24) is 0 Å². The van der Waals surface area contributed by atoms with Crippen molar-refractivity contribution in [2.45, 2.75) is 32.7 Å². The summed E-state index contributed by atoms with van der Waals surface area (Å²) in [4.78, 5) is 0. The van der Waals surface area contributed by atoms with Gasteiger partial charge < -0.3 is 4.48 Å². The van der Waals surface area contributed by atoms with Crippen LogP contribution in [-0.4, -0.2) is 31.7 Å². The molecule has 11 heavy (non-hydrogen) atoms. The van der Waals surface area contributed by atoms with Crippen LogP contribution in [0.1, 0.15) is 26.7 Å². The van der Waals surface area contributed by atoms with Gasteiger partial charge in [-0.05, 0) is 6.92 Å². The van der Waals surface area contributed by atoms with E-state index in [9.17, 15) is 0 Å². The van der Waals surface area contributed by atoms with Gasteiger partial charge in [0.25, 0.3) is 0 Å². The fraction of sp³-hybridized carbons (Fsp3) is 0.800. The summed E-state index contributed by atoms with van der Waals surface area (Å²) < 4.78 is 0.998. The SMILES string of the molecule is CCC#CCC(C)[N+](C)(C)C. The summed E-state index contributed by atoms with van der Waals surface area (Å²) in [5, 5.41) is 0. The van der Waals surface area contributed by atoms with Crippen LogP contribution in [0.5, 0.6) is 0 Å². The molecule has 1 nitrogen and oxygen atoms in total. The van der Waals surface area contributed by atoms with Crippen LogP contribution in [0.25, 0.3) is 0 Å². The van der Waals surface area contributed by atoms with Crippen molar-refractivity contribution < 1.29 is 4.48 Å².